The largest absolute Gasteiger partial charge is 0.388 e. The van der Waals surface area contributed by atoms with Crippen molar-refractivity contribution in [2.45, 2.75) is 57.4 Å². The van der Waals surface area contributed by atoms with E-state index in [1.807, 2.05) is 7.05 Å². The molecule has 25 heavy (non-hydrogen) atoms. The summed E-state index contributed by atoms with van der Waals surface area (Å²) in [6.07, 6.45) is 9.62. The van der Waals surface area contributed by atoms with Gasteiger partial charge in [0.1, 0.15) is 0 Å². The quantitative estimate of drug-likeness (QED) is 0.906. The highest BCUT2D eigenvalue weighted by Crippen LogP contribution is 2.43. The van der Waals surface area contributed by atoms with Crippen molar-refractivity contribution in [3.8, 4) is 0 Å². The molecule has 1 aromatic carbocycles. The van der Waals surface area contributed by atoms with Gasteiger partial charge >= 0.3 is 0 Å². The van der Waals surface area contributed by atoms with Crippen LogP contribution in [-0.4, -0.2) is 43.5 Å². The van der Waals surface area contributed by atoms with Gasteiger partial charge in [0.25, 0.3) is 0 Å². The van der Waals surface area contributed by atoms with Crippen LogP contribution in [0.4, 0.5) is 11.4 Å². The molecule has 0 aromatic heterocycles. The number of amides is 1. The Hall–Kier alpha value is -1.71. The van der Waals surface area contributed by atoms with Crippen molar-refractivity contribution < 1.29 is 4.79 Å². The van der Waals surface area contributed by atoms with Crippen LogP contribution in [0.3, 0.4) is 0 Å². The molecule has 1 N–H and O–H groups in total. The van der Waals surface area contributed by atoms with Gasteiger partial charge in [-0.25, -0.2) is 0 Å². The van der Waals surface area contributed by atoms with Crippen molar-refractivity contribution in [1.82, 2.24) is 4.90 Å². The maximum atomic E-state index is 13.3. The standard InChI is InChI=1S/C21H31N3O/c1-22-17-8-10-18(11-9-17)23-14-5-12-21(16-23)13-15-24(20(21)25)19-6-3-2-4-7-19/h8-11,19,22H,2-7,12-16H2,1H3. The zero-order valence-corrected chi connectivity index (χ0v) is 15.5. The number of nitrogens with zero attached hydrogens (tertiary/aromatic N) is 2. The summed E-state index contributed by atoms with van der Waals surface area (Å²) in [5.41, 5.74) is 2.26. The maximum Gasteiger partial charge on any atom is 0.230 e. The van der Waals surface area contributed by atoms with Gasteiger partial charge in [-0.3, -0.25) is 4.79 Å². The van der Waals surface area contributed by atoms with E-state index < -0.39 is 0 Å². The molecule has 1 atom stereocenters. The Kier molecular flexibility index (Phi) is 4.61. The molecule has 136 valence electrons. The number of anilines is 2. The Morgan fingerprint density at radius 3 is 2.48 bits per heavy atom. The lowest BCUT2D eigenvalue weighted by molar-refractivity contribution is -0.138. The minimum Gasteiger partial charge on any atom is -0.388 e. The summed E-state index contributed by atoms with van der Waals surface area (Å²) < 4.78 is 0. The first-order valence-electron chi connectivity index (χ1n) is 10.1. The van der Waals surface area contributed by atoms with E-state index in [1.165, 1.54) is 37.8 Å². The van der Waals surface area contributed by atoms with Gasteiger partial charge in [-0.15, -0.1) is 0 Å². The molecule has 3 fully saturated rings. The summed E-state index contributed by atoms with van der Waals surface area (Å²) in [5.74, 6) is 0.455. The summed E-state index contributed by atoms with van der Waals surface area (Å²) >= 11 is 0. The lowest BCUT2D eigenvalue weighted by Gasteiger charge is -2.41. The van der Waals surface area contributed by atoms with Crippen molar-refractivity contribution in [1.29, 1.82) is 0 Å². The van der Waals surface area contributed by atoms with Gasteiger partial charge in [0, 0.05) is 44.1 Å². The van der Waals surface area contributed by atoms with Crippen LogP contribution in [0.1, 0.15) is 51.4 Å². The number of hydrogen-bond acceptors (Lipinski definition) is 3. The predicted octanol–water partition coefficient (Wildman–Crippen LogP) is 3.88. The molecule has 1 saturated carbocycles. The Balaban J connectivity index is 1.48. The zero-order chi connectivity index (χ0) is 17.3. The number of nitrogens with one attached hydrogen (secondary N) is 1. The van der Waals surface area contributed by atoms with Crippen LogP contribution in [0.5, 0.6) is 0 Å². The van der Waals surface area contributed by atoms with Gasteiger partial charge in [0.05, 0.1) is 5.41 Å². The van der Waals surface area contributed by atoms with E-state index >= 15 is 0 Å². The average molecular weight is 341 g/mol. The number of carbonyl (C=O) groups excluding carboxylic acids is 1. The van der Waals surface area contributed by atoms with E-state index in [9.17, 15) is 4.79 Å². The summed E-state index contributed by atoms with van der Waals surface area (Å²) in [4.78, 5) is 18.0. The summed E-state index contributed by atoms with van der Waals surface area (Å²) in [5, 5.41) is 3.18. The monoisotopic (exact) mass is 341 g/mol. The molecule has 2 aliphatic heterocycles. The molecule has 1 amide bonds. The van der Waals surface area contributed by atoms with Gasteiger partial charge in [0.15, 0.2) is 0 Å². The third kappa shape index (κ3) is 3.11. The van der Waals surface area contributed by atoms with Crippen LogP contribution in [0.15, 0.2) is 24.3 Å². The number of hydrogen-bond donors (Lipinski definition) is 1. The highest BCUT2D eigenvalue weighted by Gasteiger charge is 2.50. The number of rotatable bonds is 3. The van der Waals surface area contributed by atoms with Crippen LogP contribution < -0.4 is 10.2 Å². The van der Waals surface area contributed by atoms with Crippen molar-refractivity contribution in [3.05, 3.63) is 24.3 Å². The van der Waals surface area contributed by atoms with Crippen molar-refractivity contribution in [2.24, 2.45) is 5.41 Å². The minimum absolute atomic E-state index is 0.128. The SMILES string of the molecule is CNc1ccc(N2CCCC3(CCN(C4CCCCC4)C3=O)C2)cc1. The van der Waals surface area contributed by atoms with Gasteiger partial charge in [0.2, 0.25) is 5.91 Å². The maximum absolute atomic E-state index is 13.3. The Labute approximate surface area is 151 Å². The van der Waals surface area contributed by atoms with E-state index in [1.54, 1.807) is 0 Å². The summed E-state index contributed by atoms with van der Waals surface area (Å²) in [6, 6.07) is 9.14. The number of piperidine rings is 1. The first-order chi connectivity index (χ1) is 12.2. The lowest BCUT2D eigenvalue weighted by Crippen LogP contribution is -2.49. The molecule has 1 spiro atoms. The predicted molar refractivity (Wildman–Crippen MR) is 103 cm³/mol. The van der Waals surface area contributed by atoms with Crippen LogP contribution in [0.2, 0.25) is 0 Å². The first-order valence-corrected chi connectivity index (χ1v) is 10.1. The first kappa shape index (κ1) is 16.7. The van der Waals surface area contributed by atoms with E-state index in [0.29, 0.717) is 11.9 Å². The molecule has 4 heteroatoms. The molecule has 2 saturated heterocycles. The van der Waals surface area contributed by atoms with Crippen molar-refractivity contribution in [2.75, 3.05) is 36.9 Å². The average Bonchev–Trinajstić information content (AvgIpc) is 2.98. The fraction of sp³-hybridized carbons (Fsp3) is 0.667. The van der Waals surface area contributed by atoms with Gasteiger partial charge in [-0.2, -0.15) is 0 Å². The highest BCUT2D eigenvalue weighted by molar-refractivity contribution is 5.86. The summed E-state index contributed by atoms with van der Waals surface area (Å²) in [7, 11) is 1.95. The molecular weight excluding hydrogens is 310 g/mol. The van der Waals surface area contributed by atoms with E-state index in [0.717, 1.165) is 44.6 Å². The molecule has 4 rings (SSSR count). The fourth-order valence-corrected chi connectivity index (χ4v) is 5.16. The number of likely N-dealkylation sites (tertiary alicyclic amines) is 1. The Bertz CT molecular complexity index is 608. The lowest BCUT2D eigenvalue weighted by atomic mass is 9.78. The topological polar surface area (TPSA) is 35.6 Å². The molecule has 0 radical (unpaired) electrons. The molecular formula is C21H31N3O. The Morgan fingerprint density at radius 2 is 1.76 bits per heavy atom. The molecule has 1 aliphatic carbocycles. The van der Waals surface area contributed by atoms with E-state index in [2.05, 4.69) is 39.4 Å². The second-order valence-corrected chi connectivity index (χ2v) is 8.14. The van der Waals surface area contributed by atoms with Gasteiger partial charge < -0.3 is 15.1 Å². The molecule has 3 aliphatic rings. The minimum atomic E-state index is -0.128. The highest BCUT2D eigenvalue weighted by atomic mass is 16.2. The fourth-order valence-electron chi connectivity index (χ4n) is 5.16. The third-order valence-electron chi connectivity index (χ3n) is 6.66. The van der Waals surface area contributed by atoms with Gasteiger partial charge in [-0.05, 0) is 56.4 Å². The van der Waals surface area contributed by atoms with Crippen LogP contribution >= 0.6 is 0 Å². The molecule has 0 bridgehead atoms. The van der Waals surface area contributed by atoms with Crippen molar-refractivity contribution in [3.63, 3.8) is 0 Å². The van der Waals surface area contributed by atoms with Crippen LogP contribution in [0, 0.1) is 5.41 Å². The van der Waals surface area contributed by atoms with Crippen LogP contribution in [-0.2, 0) is 4.79 Å². The molecule has 2 heterocycles. The molecule has 1 aromatic rings. The molecule has 1 unspecified atom stereocenters. The van der Waals surface area contributed by atoms with Crippen LogP contribution in [0.25, 0.3) is 0 Å². The smallest absolute Gasteiger partial charge is 0.230 e. The van der Waals surface area contributed by atoms with Crippen molar-refractivity contribution >= 4 is 17.3 Å². The van der Waals surface area contributed by atoms with E-state index in [-0.39, 0.29) is 5.41 Å². The number of benzene rings is 1. The van der Waals surface area contributed by atoms with Gasteiger partial charge in [-0.1, -0.05) is 19.3 Å². The zero-order valence-electron chi connectivity index (χ0n) is 15.5. The third-order valence-corrected chi connectivity index (χ3v) is 6.66. The normalized spacial score (nSPS) is 28.0. The summed E-state index contributed by atoms with van der Waals surface area (Å²) in [6.45, 7) is 2.95. The molecule has 4 nitrogen and oxygen atoms in total. The number of carbonyl (C=O) groups is 1. The Morgan fingerprint density at radius 1 is 1.00 bits per heavy atom. The second kappa shape index (κ2) is 6.89. The second-order valence-electron chi connectivity index (χ2n) is 8.14. The van der Waals surface area contributed by atoms with E-state index in [4.69, 9.17) is 0 Å².